The summed E-state index contributed by atoms with van der Waals surface area (Å²) in [7, 11) is 1.41. The summed E-state index contributed by atoms with van der Waals surface area (Å²) in [6.45, 7) is 6.41. The van der Waals surface area contributed by atoms with Gasteiger partial charge in [0.05, 0.1) is 7.11 Å². The van der Waals surface area contributed by atoms with Crippen molar-refractivity contribution < 1.29 is 14.3 Å². The molecule has 1 fully saturated rings. The van der Waals surface area contributed by atoms with E-state index in [2.05, 4.69) is 31.6 Å². The highest BCUT2D eigenvalue weighted by Gasteiger charge is 2.56. The van der Waals surface area contributed by atoms with Crippen molar-refractivity contribution >= 4 is 12.3 Å². The van der Waals surface area contributed by atoms with Gasteiger partial charge in [0.25, 0.3) is 0 Å². The molecule has 0 aromatic heterocycles. The van der Waals surface area contributed by atoms with Crippen LogP contribution in [-0.4, -0.2) is 19.4 Å². The number of methoxy groups -OCH3 is 1. The molecule has 0 aromatic carbocycles. The fraction of sp³-hybridized carbons (Fsp3) is 0.733. The number of ether oxygens (including phenoxy) is 1. The Hall–Kier alpha value is -1.12. The largest absolute Gasteiger partial charge is 0.469 e. The first kappa shape index (κ1) is 14.9. The minimum absolute atomic E-state index is 0.164. The van der Waals surface area contributed by atoms with Crippen LogP contribution in [0.25, 0.3) is 0 Å². The average Bonchev–Trinajstić information content (AvgIpc) is 2.87. The molecule has 0 heterocycles. The molecule has 1 aliphatic rings. The van der Waals surface area contributed by atoms with E-state index in [1.807, 2.05) is 0 Å². The first-order chi connectivity index (χ1) is 8.43. The smallest absolute Gasteiger partial charge is 0.305 e. The van der Waals surface area contributed by atoms with E-state index in [1.165, 1.54) is 12.7 Å². The van der Waals surface area contributed by atoms with Gasteiger partial charge in [0.2, 0.25) is 0 Å². The number of aldehydes is 1. The van der Waals surface area contributed by atoms with Crippen LogP contribution in [0, 0.1) is 17.3 Å². The van der Waals surface area contributed by atoms with Gasteiger partial charge in [-0.15, -0.1) is 0 Å². The van der Waals surface area contributed by atoms with Gasteiger partial charge in [0.1, 0.15) is 6.29 Å². The lowest BCUT2D eigenvalue weighted by molar-refractivity contribution is -0.140. The Kier molecular flexibility index (Phi) is 5.12. The van der Waals surface area contributed by atoms with Crippen LogP contribution in [0.1, 0.15) is 46.5 Å². The van der Waals surface area contributed by atoms with Crippen molar-refractivity contribution in [2.45, 2.75) is 46.5 Å². The fourth-order valence-electron chi connectivity index (χ4n) is 2.63. The van der Waals surface area contributed by atoms with E-state index in [0.29, 0.717) is 12.3 Å². The molecule has 1 rings (SSSR count). The zero-order chi connectivity index (χ0) is 13.8. The number of hydrogen-bond donors (Lipinski definition) is 0. The van der Waals surface area contributed by atoms with E-state index < -0.39 is 0 Å². The molecule has 0 amide bonds. The second kappa shape index (κ2) is 6.17. The highest BCUT2D eigenvalue weighted by molar-refractivity contribution is 5.69. The zero-order valence-electron chi connectivity index (χ0n) is 11.9. The number of carbonyl (C=O) groups excluding carboxylic acids is 2. The highest BCUT2D eigenvalue weighted by Crippen LogP contribution is 2.59. The van der Waals surface area contributed by atoms with Crippen LogP contribution < -0.4 is 0 Å². The van der Waals surface area contributed by atoms with E-state index in [1.54, 1.807) is 0 Å². The van der Waals surface area contributed by atoms with Crippen molar-refractivity contribution in [3.05, 3.63) is 11.6 Å². The van der Waals surface area contributed by atoms with Gasteiger partial charge in [0.15, 0.2) is 0 Å². The predicted molar refractivity (Wildman–Crippen MR) is 71.1 cm³/mol. The summed E-state index contributed by atoms with van der Waals surface area (Å²) in [5.41, 5.74) is 1.49. The topological polar surface area (TPSA) is 43.4 Å². The van der Waals surface area contributed by atoms with Crippen molar-refractivity contribution in [2.75, 3.05) is 7.11 Å². The van der Waals surface area contributed by atoms with E-state index >= 15 is 0 Å². The fourth-order valence-corrected chi connectivity index (χ4v) is 2.63. The Morgan fingerprint density at radius 2 is 2.00 bits per heavy atom. The molecular formula is C15H24O3. The molecule has 3 heteroatoms. The normalized spacial score (nSPS) is 25.7. The number of rotatable bonds is 7. The van der Waals surface area contributed by atoms with E-state index in [4.69, 9.17) is 0 Å². The van der Waals surface area contributed by atoms with Crippen molar-refractivity contribution in [1.29, 1.82) is 0 Å². The standard InChI is InChI=1S/C15H24O3/c1-11(6-5-7-14(17)18-4)8-9-12-13(10-16)15(12,2)3/h6,10,12-13H,5,7-9H2,1-4H3. The Morgan fingerprint density at radius 1 is 1.33 bits per heavy atom. The van der Waals surface area contributed by atoms with Crippen LogP contribution >= 0.6 is 0 Å². The number of esters is 1. The van der Waals surface area contributed by atoms with E-state index in [0.717, 1.165) is 25.5 Å². The van der Waals surface area contributed by atoms with Crippen molar-refractivity contribution in [3.8, 4) is 0 Å². The maximum absolute atomic E-state index is 10.9. The Morgan fingerprint density at radius 3 is 2.50 bits per heavy atom. The molecule has 0 radical (unpaired) electrons. The van der Waals surface area contributed by atoms with Gasteiger partial charge in [-0.25, -0.2) is 0 Å². The minimum atomic E-state index is -0.164. The molecule has 1 aliphatic carbocycles. The van der Waals surface area contributed by atoms with Gasteiger partial charge >= 0.3 is 5.97 Å². The van der Waals surface area contributed by atoms with Crippen molar-refractivity contribution in [1.82, 2.24) is 0 Å². The highest BCUT2D eigenvalue weighted by atomic mass is 16.5. The van der Waals surface area contributed by atoms with Crippen LogP contribution in [0.2, 0.25) is 0 Å². The summed E-state index contributed by atoms with van der Waals surface area (Å²) in [6, 6.07) is 0. The zero-order valence-corrected chi connectivity index (χ0v) is 11.9. The molecule has 2 atom stereocenters. The maximum atomic E-state index is 10.9. The molecule has 1 saturated carbocycles. The van der Waals surface area contributed by atoms with Crippen LogP contribution in [0.3, 0.4) is 0 Å². The minimum Gasteiger partial charge on any atom is -0.469 e. The first-order valence-corrected chi connectivity index (χ1v) is 6.61. The van der Waals surface area contributed by atoms with Crippen LogP contribution in [-0.2, 0) is 14.3 Å². The monoisotopic (exact) mass is 252 g/mol. The Balaban J connectivity index is 2.25. The lowest BCUT2D eigenvalue weighted by Gasteiger charge is -2.03. The Bertz CT molecular complexity index is 342. The molecule has 102 valence electrons. The van der Waals surface area contributed by atoms with Gasteiger partial charge in [-0.05, 0) is 37.5 Å². The molecule has 18 heavy (non-hydrogen) atoms. The van der Waals surface area contributed by atoms with Crippen LogP contribution in [0.4, 0.5) is 0 Å². The summed E-state index contributed by atoms with van der Waals surface area (Å²) in [5, 5.41) is 0. The Labute approximate surface area is 110 Å². The molecule has 0 spiro atoms. The lowest BCUT2D eigenvalue weighted by Crippen LogP contribution is -1.98. The summed E-state index contributed by atoms with van der Waals surface area (Å²) in [5.74, 6) is 0.600. The molecule has 2 unspecified atom stereocenters. The third-order valence-electron chi connectivity index (χ3n) is 4.20. The lowest BCUT2D eigenvalue weighted by atomic mass is 10.0. The molecular weight excluding hydrogens is 228 g/mol. The SMILES string of the molecule is COC(=O)CCC=C(C)CCC1C(C=O)C1(C)C. The number of carbonyl (C=O) groups is 2. The average molecular weight is 252 g/mol. The van der Waals surface area contributed by atoms with E-state index in [-0.39, 0.29) is 17.3 Å². The predicted octanol–water partition coefficient (Wildman–Crippen LogP) is 3.14. The summed E-state index contributed by atoms with van der Waals surface area (Å²) in [6.07, 6.45) is 6.46. The van der Waals surface area contributed by atoms with E-state index in [9.17, 15) is 9.59 Å². The molecule has 0 aromatic rings. The van der Waals surface area contributed by atoms with Crippen molar-refractivity contribution in [2.24, 2.45) is 17.3 Å². The first-order valence-electron chi connectivity index (χ1n) is 6.61. The summed E-state index contributed by atoms with van der Waals surface area (Å²) >= 11 is 0. The second-order valence-electron chi connectivity index (χ2n) is 5.79. The van der Waals surface area contributed by atoms with Gasteiger partial charge in [-0.3, -0.25) is 4.79 Å². The molecule has 0 N–H and O–H groups in total. The number of allylic oxidation sites excluding steroid dienone is 2. The molecule has 3 nitrogen and oxygen atoms in total. The third kappa shape index (κ3) is 3.69. The van der Waals surface area contributed by atoms with Gasteiger partial charge in [-0.1, -0.05) is 25.5 Å². The van der Waals surface area contributed by atoms with Gasteiger partial charge < -0.3 is 9.53 Å². The quantitative estimate of drug-likeness (QED) is 0.397. The van der Waals surface area contributed by atoms with Crippen LogP contribution in [0.15, 0.2) is 11.6 Å². The van der Waals surface area contributed by atoms with Gasteiger partial charge in [-0.2, -0.15) is 0 Å². The van der Waals surface area contributed by atoms with Crippen molar-refractivity contribution in [3.63, 3.8) is 0 Å². The maximum Gasteiger partial charge on any atom is 0.305 e. The molecule has 0 aliphatic heterocycles. The third-order valence-corrected chi connectivity index (χ3v) is 4.20. The second-order valence-corrected chi connectivity index (χ2v) is 5.79. The summed E-state index contributed by atoms with van der Waals surface area (Å²) < 4.78 is 4.59. The number of hydrogen-bond acceptors (Lipinski definition) is 3. The molecule has 0 saturated heterocycles. The van der Waals surface area contributed by atoms with Gasteiger partial charge in [0, 0.05) is 12.3 Å². The summed E-state index contributed by atoms with van der Waals surface area (Å²) in [4.78, 5) is 21.8. The molecule has 0 bridgehead atoms. The van der Waals surface area contributed by atoms with Crippen LogP contribution in [0.5, 0.6) is 0 Å².